The summed E-state index contributed by atoms with van der Waals surface area (Å²) in [7, 11) is 1.63. The van der Waals surface area contributed by atoms with Crippen LogP contribution in [-0.2, 0) is 22.6 Å². The van der Waals surface area contributed by atoms with Gasteiger partial charge in [-0.2, -0.15) is 0 Å². The highest BCUT2D eigenvalue weighted by Crippen LogP contribution is 2.31. The average molecular weight is 495 g/mol. The zero-order valence-corrected chi connectivity index (χ0v) is 21.5. The Hall–Kier alpha value is -3.22. The van der Waals surface area contributed by atoms with Crippen LogP contribution in [0.15, 0.2) is 42.5 Å². The third kappa shape index (κ3) is 6.71. The van der Waals surface area contributed by atoms with Crippen LogP contribution < -0.4 is 19.5 Å². The van der Waals surface area contributed by atoms with Crippen LogP contribution in [0.3, 0.4) is 0 Å². The minimum atomic E-state index is -0.522. The second-order valence-corrected chi connectivity index (χ2v) is 9.62. The molecule has 0 bridgehead atoms. The molecule has 0 radical (unpaired) electrons. The van der Waals surface area contributed by atoms with Gasteiger partial charge in [0.1, 0.15) is 25.0 Å². The molecule has 1 fully saturated rings. The van der Waals surface area contributed by atoms with Gasteiger partial charge in [-0.3, -0.25) is 9.59 Å². The molecule has 1 aliphatic heterocycles. The number of hydrogen-bond donors (Lipinski definition) is 1. The predicted molar refractivity (Wildman–Crippen MR) is 138 cm³/mol. The van der Waals surface area contributed by atoms with Crippen LogP contribution >= 0.6 is 0 Å². The summed E-state index contributed by atoms with van der Waals surface area (Å²) >= 11 is 0. The van der Waals surface area contributed by atoms with Gasteiger partial charge in [0.15, 0.2) is 11.5 Å². The number of hydrogen-bond acceptors (Lipinski definition) is 5. The van der Waals surface area contributed by atoms with Crippen LogP contribution in [0, 0.1) is 0 Å². The summed E-state index contributed by atoms with van der Waals surface area (Å²) in [4.78, 5) is 28.7. The first-order valence-electron chi connectivity index (χ1n) is 13.2. The van der Waals surface area contributed by atoms with Crippen molar-refractivity contribution in [2.45, 2.75) is 76.9 Å². The van der Waals surface area contributed by atoms with E-state index in [9.17, 15) is 9.59 Å². The topological polar surface area (TPSA) is 77.1 Å². The molecule has 1 heterocycles. The molecule has 4 rings (SSSR count). The predicted octanol–water partition coefficient (Wildman–Crippen LogP) is 4.66. The molecule has 1 atom stereocenters. The molecule has 1 unspecified atom stereocenters. The number of nitrogens with zero attached hydrogens (tertiary/aromatic N) is 1. The van der Waals surface area contributed by atoms with Gasteiger partial charge >= 0.3 is 0 Å². The highest BCUT2D eigenvalue weighted by molar-refractivity contribution is 5.88. The molecule has 2 aliphatic rings. The number of methoxy groups -OCH3 is 1. The first-order chi connectivity index (χ1) is 17.6. The molecule has 36 heavy (non-hydrogen) atoms. The van der Waals surface area contributed by atoms with Crippen molar-refractivity contribution in [3.05, 3.63) is 53.6 Å². The molecular formula is C29H38N2O5. The van der Waals surface area contributed by atoms with E-state index in [4.69, 9.17) is 14.2 Å². The molecule has 7 heteroatoms. The molecule has 2 aromatic rings. The summed E-state index contributed by atoms with van der Waals surface area (Å²) < 4.78 is 16.7. The van der Waals surface area contributed by atoms with Gasteiger partial charge in [-0.15, -0.1) is 0 Å². The van der Waals surface area contributed by atoms with Crippen LogP contribution in [0.1, 0.15) is 63.0 Å². The second kappa shape index (κ2) is 12.7. The Bertz CT molecular complexity index is 1030. The smallest absolute Gasteiger partial charge is 0.243 e. The van der Waals surface area contributed by atoms with Gasteiger partial charge in [0.25, 0.3) is 0 Å². The number of amides is 2. The largest absolute Gasteiger partial charge is 0.497 e. The van der Waals surface area contributed by atoms with Crippen molar-refractivity contribution in [3.63, 3.8) is 0 Å². The van der Waals surface area contributed by atoms with E-state index in [2.05, 4.69) is 5.32 Å². The van der Waals surface area contributed by atoms with Crippen LogP contribution in [0.4, 0.5) is 0 Å². The van der Waals surface area contributed by atoms with Crippen LogP contribution in [0.2, 0.25) is 0 Å². The lowest BCUT2D eigenvalue weighted by Gasteiger charge is -2.33. The number of carbonyl (C=O) groups is 2. The summed E-state index contributed by atoms with van der Waals surface area (Å²) in [5, 5.41) is 3.23. The molecule has 2 aromatic carbocycles. The fraction of sp³-hybridized carbons (Fsp3) is 0.517. The van der Waals surface area contributed by atoms with Crippen molar-refractivity contribution in [2.24, 2.45) is 0 Å². The fourth-order valence-corrected chi connectivity index (χ4v) is 5.07. The summed E-state index contributed by atoms with van der Waals surface area (Å²) in [6.45, 7) is 3.40. The maximum Gasteiger partial charge on any atom is 0.243 e. The van der Waals surface area contributed by atoms with E-state index < -0.39 is 6.04 Å². The molecule has 0 aromatic heterocycles. The summed E-state index contributed by atoms with van der Waals surface area (Å²) in [6, 6.07) is 13.2. The third-order valence-corrected chi connectivity index (χ3v) is 7.06. The first kappa shape index (κ1) is 25.9. The molecule has 0 saturated heterocycles. The van der Waals surface area contributed by atoms with Gasteiger partial charge in [0, 0.05) is 19.0 Å². The summed E-state index contributed by atoms with van der Waals surface area (Å²) in [5.74, 6) is 2.09. The number of fused-ring (bicyclic) bond motifs is 1. The Morgan fingerprint density at radius 1 is 1.03 bits per heavy atom. The van der Waals surface area contributed by atoms with Crippen molar-refractivity contribution in [1.82, 2.24) is 10.2 Å². The van der Waals surface area contributed by atoms with E-state index in [0.717, 1.165) is 54.1 Å². The number of benzene rings is 2. The van der Waals surface area contributed by atoms with Gasteiger partial charge < -0.3 is 24.4 Å². The average Bonchev–Trinajstić information content (AvgIpc) is 2.92. The SMILES string of the molecule is CCC(C(=O)NC1CCCCC1)N(Cc1cccc(OC)c1)C(=O)CCc1ccc2c(c1)OCCO2. The van der Waals surface area contributed by atoms with Crippen LogP contribution in [-0.4, -0.2) is 49.1 Å². The van der Waals surface area contributed by atoms with E-state index in [0.29, 0.717) is 39.0 Å². The number of carbonyl (C=O) groups excluding carboxylic acids is 2. The molecular weight excluding hydrogens is 456 g/mol. The number of ether oxygens (including phenoxy) is 3. The lowest BCUT2D eigenvalue weighted by atomic mass is 9.95. The third-order valence-electron chi connectivity index (χ3n) is 7.06. The molecule has 1 aliphatic carbocycles. The number of nitrogens with one attached hydrogen (secondary N) is 1. The molecule has 194 valence electrons. The molecule has 7 nitrogen and oxygen atoms in total. The molecule has 2 amide bonds. The Balaban J connectivity index is 1.49. The van der Waals surface area contributed by atoms with Crippen molar-refractivity contribution in [1.29, 1.82) is 0 Å². The Labute approximate surface area is 214 Å². The standard InChI is InChI=1S/C29H38N2O5/c1-3-25(29(33)30-23-9-5-4-6-10-23)31(20-22-8-7-11-24(18-22)34-2)28(32)15-13-21-12-14-26-27(19-21)36-17-16-35-26/h7-8,11-12,14,18-19,23,25H,3-6,9-10,13,15-17,20H2,1-2H3,(H,30,33). The number of aryl methyl sites for hydroxylation is 1. The lowest BCUT2D eigenvalue weighted by Crippen LogP contribution is -2.51. The van der Waals surface area contributed by atoms with Crippen LogP contribution in [0.25, 0.3) is 0 Å². The minimum absolute atomic E-state index is 0.0432. The van der Waals surface area contributed by atoms with Gasteiger partial charge in [-0.05, 0) is 61.1 Å². The first-order valence-corrected chi connectivity index (χ1v) is 13.2. The van der Waals surface area contributed by atoms with Gasteiger partial charge in [0.2, 0.25) is 11.8 Å². The van der Waals surface area contributed by atoms with Crippen molar-refractivity contribution >= 4 is 11.8 Å². The Kier molecular flexibility index (Phi) is 9.09. The maximum absolute atomic E-state index is 13.6. The van der Waals surface area contributed by atoms with Gasteiger partial charge in [0.05, 0.1) is 7.11 Å². The van der Waals surface area contributed by atoms with Crippen molar-refractivity contribution < 1.29 is 23.8 Å². The zero-order chi connectivity index (χ0) is 25.3. The number of rotatable bonds is 10. The van der Waals surface area contributed by atoms with Crippen molar-refractivity contribution in [3.8, 4) is 17.2 Å². The van der Waals surface area contributed by atoms with E-state index in [1.807, 2.05) is 49.4 Å². The monoisotopic (exact) mass is 494 g/mol. The van der Waals surface area contributed by atoms with E-state index >= 15 is 0 Å². The summed E-state index contributed by atoms with van der Waals surface area (Å²) in [6.07, 6.45) is 6.95. The maximum atomic E-state index is 13.6. The van der Waals surface area contributed by atoms with E-state index in [1.165, 1.54) is 6.42 Å². The molecule has 1 N–H and O–H groups in total. The zero-order valence-electron chi connectivity index (χ0n) is 21.5. The van der Waals surface area contributed by atoms with E-state index in [-0.39, 0.29) is 17.9 Å². The minimum Gasteiger partial charge on any atom is -0.497 e. The Morgan fingerprint density at radius 2 is 1.81 bits per heavy atom. The summed E-state index contributed by atoms with van der Waals surface area (Å²) in [5.41, 5.74) is 1.94. The van der Waals surface area contributed by atoms with Gasteiger partial charge in [-0.1, -0.05) is 44.4 Å². The lowest BCUT2D eigenvalue weighted by molar-refractivity contribution is -0.141. The Morgan fingerprint density at radius 3 is 2.56 bits per heavy atom. The quantitative estimate of drug-likeness (QED) is 0.520. The van der Waals surface area contributed by atoms with Crippen molar-refractivity contribution in [2.75, 3.05) is 20.3 Å². The molecule has 0 spiro atoms. The van der Waals surface area contributed by atoms with Crippen LogP contribution in [0.5, 0.6) is 17.2 Å². The van der Waals surface area contributed by atoms with E-state index in [1.54, 1.807) is 12.0 Å². The highest BCUT2D eigenvalue weighted by atomic mass is 16.6. The second-order valence-electron chi connectivity index (χ2n) is 9.62. The molecule has 1 saturated carbocycles. The normalized spacial score (nSPS) is 16.2. The fourth-order valence-electron chi connectivity index (χ4n) is 5.07. The highest BCUT2D eigenvalue weighted by Gasteiger charge is 2.30. The van der Waals surface area contributed by atoms with Gasteiger partial charge in [-0.25, -0.2) is 0 Å².